The number of likely N-dealkylation sites (tertiary alicyclic amines) is 1. The molecule has 1 aromatic heterocycles. The number of hydrogen-bond acceptors (Lipinski definition) is 3. The van der Waals surface area contributed by atoms with Crippen LogP contribution >= 0.6 is 0 Å². The summed E-state index contributed by atoms with van der Waals surface area (Å²) in [6.45, 7) is 2.21. The van der Waals surface area contributed by atoms with Crippen LogP contribution in [0.5, 0.6) is 0 Å². The Hall–Kier alpha value is -3.87. The molecule has 1 fully saturated rings. The van der Waals surface area contributed by atoms with Gasteiger partial charge in [0.2, 0.25) is 11.8 Å². The van der Waals surface area contributed by atoms with Gasteiger partial charge in [-0.05, 0) is 35.3 Å². The molecule has 3 amide bonds. The molecular weight excluding hydrogens is 440 g/mol. The van der Waals surface area contributed by atoms with Crippen molar-refractivity contribution in [2.24, 2.45) is 5.92 Å². The smallest absolute Gasteiger partial charge is 0.269 e. The van der Waals surface area contributed by atoms with Crippen LogP contribution in [0.4, 0.5) is 0 Å². The van der Waals surface area contributed by atoms with Gasteiger partial charge in [-0.25, -0.2) is 0 Å². The monoisotopic (exact) mass is 470 g/mol. The summed E-state index contributed by atoms with van der Waals surface area (Å²) in [6.07, 6.45) is 3.24. The largest absolute Gasteiger partial charge is 0.351 e. The molecule has 2 aromatic carbocycles. The number of aromatic amines is 1. The third-order valence-electron chi connectivity index (χ3n) is 6.87. The summed E-state index contributed by atoms with van der Waals surface area (Å²) in [7, 11) is 3.47. The Morgan fingerprint density at radius 1 is 1.09 bits per heavy atom. The number of aromatic nitrogens is 1. The van der Waals surface area contributed by atoms with Gasteiger partial charge < -0.3 is 19.7 Å². The lowest BCUT2D eigenvalue weighted by Crippen LogP contribution is -2.40. The molecule has 0 unspecified atom stereocenters. The number of benzene rings is 2. The Kier molecular flexibility index (Phi) is 6.16. The fraction of sp³-hybridized carbons (Fsp3) is 0.321. The van der Waals surface area contributed by atoms with Crippen LogP contribution in [0.2, 0.25) is 0 Å². The van der Waals surface area contributed by atoms with E-state index in [0.29, 0.717) is 31.9 Å². The van der Waals surface area contributed by atoms with E-state index < -0.39 is 0 Å². The predicted octanol–water partition coefficient (Wildman–Crippen LogP) is 3.53. The quantitative estimate of drug-likeness (QED) is 0.620. The number of hydrogen-bond donors (Lipinski definition) is 1. The molecule has 180 valence electrons. The van der Waals surface area contributed by atoms with E-state index in [4.69, 9.17) is 0 Å². The highest BCUT2D eigenvalue weighted by atomic mass is 16.2. The molecular formula is C28H30N4O3. The molecule has 1 saturated heterocycles. The van der Waals surface area contributed by atoms with E-state index in [1.165, 1.54) is 0 Å². The number of fused-ring (bicyclic) bond motifs is 1. The standard InChI is InChI=1S/C28H30N4O3/c1-30(2)28(35)25-14-21-11-10-20(13-24(21)29-25)22-9-6-12-31(17-22)27(34)23-15-26(33)32(18-23)16-19-7-4-3-5-8-19/h3-5,7-11,13-14,23,29H,6,12,15-18H2,1-2H3/t23-/m1/s1. The number of carbonyl (C=O) groups excluding carboxylic acids is 3. The van der Waals surface area contributed by atoms with Crippen molar-refractivity contribution in [1.82, 2.24) is 19.7 Å². The minimum atomic E-state index is -0.295. The summed E-state index contributed by atoms with van der Waals surface area (Å²) in [6, 6.07) is 17.9. The lowest BCUT2D eigenvalue weighted by molar-refractivity contribution is -0.135. The zero-order valence-electron chi connectivity index (χ0n) is 20.2. The van der Waals surface area contributed by atoms with Gasteiger partial charge in [-0.1, -0.05) is 48.5 Å². The van der Waals surface area contributed by atoms with Gasteiger partial charge in [-0.3, -0.25) is 14.4 Å². The number of nitrogens with one attached hydrogen (secondary N) is 1. The Bertz CT molecular complexity index is 1310. The SMILES string of the molecule is CN(C)C(=O)c1cc2ccc(C3=CCCN(C(=O)[C@@H]4CC(=O)N(Cc5ccccc5)C4)C3)cc2[nH]1. The van der Waals surface area contributed by atoms with E-state index in [2.05, 4.69) is 11.1 Å². The van der Waals surface area contributed by atoms with Crippen LogP contribution in [0.15, 0.2) is 60.7 Å². The lowest BCUT2D eigenvalue weighted by atomic mass is 9.98. The molecule has 2 aliphatic rings. The highest BCUT2D eigenvalue weighted by molar-refractivity contribution is 5.98. The topological polar surface area (TPSA) is 76.7 Å². The molecule has 0 radical (unpaired) electrons. The van der Waals surface area contributed by atoms with E-state index in [1.807, 2.05) is 59.5 Å². The van der Waals surface area contributed by atoms with Crippen LogP contribution in [0.1, 0.15) is 34.5 Å². The second kappa shape index (κ2) is 9.41. The van der Waals surface area contributed by atoms with Gasteiger partial charge in [0.25, 0.3) is 5.91 Å². The van der Waals surface area contributed by atoms with E-state index in [0.717, 1.165) is 34.0 Å². The van der Waals surface area contributed by atoms with Crippen molar-refractivity contribution in [3.05, 3.63) is 77.5 Å². The van der Waals surface area contributed by atoms with Crippen molar-refractivity contribution < 1.29 is 14.4 Å². The Morgan fingerprint density at radius 3 is 2.66 bits per heavy atom. The Balaban J connectivity index is 1.27. The van der Waals surface area contributed by atoms with Crippen LogP contribution in [0.3, 0.4) is 0 Å². The first kappa shape index (κ1) is 22.9. The summed E-state index contributed by atoms with van der Waals surface area (Å²) in [5, 5.41) is 0.978. The predicted molar refractivity (Wildman–Crippen MR) is 135 cm³/mol. The van der Waals surface area contributed by atoms with Gasteiger partial charge >= 0.3 is 0 Å². The molecule has 0 bridgehead atoms. The molecule has 0 spiro atoms. The van der Waals surface area contributed by atoms with E-state index in [-0.39, 0.29) is 30.1 Å². The minimum Gasteiger partial charge on any atom is -0.351 e. The fourth-order valence-electron chi connectivity index (χ4n) is 4.98. The first-order chi connectivity index (χ1) is 16.9. The van der Waals surface area contributed by atoms with E-state index >= 15 is 0 Å². The fourth-order valence-corrected chi connectivity index (χ4v) is 4.98. The van der Waals surface area contributed by atoms with Crippen molar-refractivity contribution in [3.63, 3.8) is 0 Å². The average molecular weight is 471 g/mol. The van der Waals surface area contributed by atoms with Crippen LogP contribution in [-0.4, -0.2) is 71.1 Å². The zero-order chi connectivity index (χ0) is 24.5. The molecule has 5 rings (SSSR count). The summed E-state index contributed by atoms with van der Waals surface area (Å²) in [5.41, 5.74) is 4.66. The summed E-state index contributed by atoms with van der Waals surface area (Å²) < 4.78 is 0. The molecule has 3 heterocycles. The molecule has 3 aromatic rings. The molecule has 0 saturated carbocycles. The second-order valence-corrected chi connectivity index (χ2v) is 9.62. The summed E-state index contributed by atoms with van der Waals surface area (Å²) >= 11 is 0. The van der Waals surface area contributed by atoms with Crippen LogP contribution < -0.4 is 0 Å². The highest BCUT2D eigenvalue weighted by Gasteiger charge is 2.37. The lowest BCUT2D eigenvalue weighted by Gasteiger charge is -2.30. The first-order valence-corrected chi connectivity index (χ1v) is 12.0. The van der Waals surface area contributed by atoms with Gasteiger partial charge in [0.1, 0.15) is 5.69 Å². The van der Waals surface area contributed by atoms with Crippen molar-refractivity contribution in [1.29, 1.82) is 0 Å². The molecule has 35 heavy (non-hydrogen) atoms. The van der Waals surface area contributed by atoms with Gasteiger partial charge in [-0.2, -0.15) is 0 Å². The Morgan fingerprint density at radius 2 is 1.89 bits per heavy atom. The normalized spacial score (nSPS) is 18.2. The molecule has 1 atom stereocenters. The maximum absolute atomic E-state index is 13.3. The number of rotatable bonds is 5. The van der Waals surface area contributed by atoms with Crippen molar-refractivity contribution in [3.8, 4) is 0 Å². The third-order valence-corrected chi connectivity index (χ3v) is 6.87. The van der Waals surface area contributed by atoms with E-state index in [1.54, 1.807) is 23.9 Å². The Labute approximate surface area is 205 Å². The molecule has 1 N–H and O–H groups in total. The van der Waals surface area contributed by atoms with Crippen LogP contribution in [0.25, 0.3) is 16.5 Å². The number of nitrogens with zero attached hydrogens (tertiary/aromatic N) is 3. The number of amides is 3. The molecule has 0 aliphatic carbocycles. The zero-order valence-corrected chi connectivity index (χ0v) is 20.2. The molecule has 2 aliphatic heterocycles. The van der Waals surface area contributed by atoms with Crippen molar-refractivity contribution >= 4 is 34.2 Å². The summed E-state index contributed by atoms with van der Waals surface area (Å²) in [4.78, 5) is 46.7. The van der Waals surface area contributed by atoms with Crippen molar-refractivity contribution in [2.45, 2.75) is 19.4 Å². The molecule has 7 heteroatoms. The second-order valence-electron chi connectivity index (χ2n) is 9.62. The highest BCUT2D eigenvalue weighted by Crippen LogP contribution is 2.28. The molecule has 7 nitrogen and oxygen atoms in total. The first-order valence-electron chi connectivity index (χ1n) is 12.0. The maximum Gasteiger partial charge on any atom is 0.269 e. The van der Waals surface area contributed by atoms with Crippen LogP contribution in [-0.2, 0) is 16.1 Å². The number of carbonyl (C=O) groups is 3. The van der Waals surface area contributed by atoms with Crippen molar-refractivity contribution in [2.75, 3.05) is 33.7 Å². The van der Waals surface area contributed by atoms with Gasteiger partial charge in [0, 0.05) is 57.6 Å². The third kappa shape index (κ3) is 4.71. The van der Waals surface area contributed by atoms with E-state index in [9.17, 15) is 14.4 Å². The average Bonchev–Trinajstić information content (AvgIpc) is 3.46. The van der Waals surface area contributed by atoms with Crippen LogP contribution in [0, 0.1) is 5.92 Å². The maximum atomic E-state index is 13.3. The van der Waals surface area contributed by atoms with Gasteiger partial charge in [0.05, 0.1) is 5.92 Å². The minimum absolute atomic E-state index is 0.0419. The van der Waals surface area contributed by atoms with Gasteiger partial charge in [-0.15, -0.1) is 0 Å². The summed E-state index contributed by atoms with van der Waals surface area (Å²) in [5.74, 6) is -0.264. The number of H-pyrrole nitrogens is 1. The van der Waals surface area contributed by atoms with Gasteiger partial charge in [0.15, 0.2) is 0 Å².